The largest absolute Gasteiger partial charge is 0.382 e. The number of carbonyl (C=O) groups is 1. The van der Waals surface area contributed by atoms with Crippen LogP contribution in [0.5, 0.6) is 0 Å². The molecule has 0 saturated heterocycles. The van der Waals surface area contributed by atoms with Crippen molar-refractivity contribution >= 4 is 11.9 Å². The number of nitrogens with zero attached hydrogens (tertiary/aromatic N) is 1. The van der Waals surface area contributed by atoms with Crippen LogP contribution in [0.1, 0.15) is 82.6 Å². The third-order valence-electron chi connectivity index (χ3n) is 5.72. The van der Waals surface area contributed by atoms with Gasteiger partial charge in [0.1, 0.15) is 0 Å². The SMILES string of the molecule is CCNC(=NCc1cccc(C(=O)NC(C)(C)C)c1)NCC1(CCOCC)CCCC1. The van der Waals surface area contributed by atoms with Crippen molar-refractivity contribution in [2.45, 2.75) is 78.8 Å². The summed E-state index contributed by atoms with van der Waals surface area (Å²) in [6.45, 7) is 13.9. The molecule has 31 heavy (non-hydrogen) atoms. The van der Waals surface area contributed by atoms with Crippen LogP contribution < -0.4 is 16.0 Å². The van der Waals surface area contributed by atoms with Crippen molar-refractivity contribution in [1.29, 1.82) is 0 Å². The molecule has 6 heteroatoms. The first-order chi connectivity index (χ1) is 14.8. The lowest BCUT2D eigenvalue weighted by Gasteiger charge is -2.30. The Morgan fingerprint density at radius 3 is 2.55 bits per heavy atom. The van der Waals surface area contributed by atoms with Gasteiger partial charge in [-0.3, -0.25) is 4.79 Å². The summed E-state index contributed by atoms with van der Waals surface area (Å²) in [5, 5.41) is 9.95. The zero-order valence-corrected chi connectivity index (χ0v) is 20.1. The van der Waals surface area contributed by atoms with Crippen LogP contribution in [0.3, 0.4) is 0 Å². The molecular formula is C25H42N4O2. The highest BCUT2D eigenvalue weighted by molar-refractivity contribution is 5.94. The van der Waals surface area contributed by atoms with Gasteiger partial charge in [0.05, 0.1) is 6.54 Å². The molecule has 6 nitrogen and oxygen atoms in total. The van der Waals surface area contributed by atoms with Crippen LogP contribution in [0, 0.1) is 5.41 Å². The Hall–Kier alpha value is -2.08. The van der Waals surface area contributed by atoms with E-state index in [-0.39, 0.29) is 11.4 Å². The van der Waals surface area contributed by atoms with Gasteiger partial charge < -0.3 is 20.7 Å². The van der Waals surface area contributed by atoms with Crippen LogP contribution in [0.25, 0.3) is 0 Å². The van der Waals surface area contributed by atoms with Gasteiger partial charge in [0.15, 0.2) is 5.96 Å². The molecule has 1 aliphatic rings. The van der Waals surface area contributed by atoms with Gasteiger partial charge in [-0.25, -0.2) is 4.99 Å². The third-order valence-corrected chi connectivity index (χ3v) is 5.72. The van der Waals surface area contributed by atoms with Crippen molar-refractivity contribution in [3.05, 3.63) is 35.4 Å². The van der Waals surface area contributed by atoms with Crippen molar-refractivity contribution in [3.8, 4) is 0 Å². The molecule has 1 amide bonds. The number of carbonyl (C=O) groups excluding carboxylic acids is 1. The highest BCUT2D eigenvalue weighted by Gasteiger charge is 2.33. The Morgan fingerprint density at radius 2 is 1.90 bits per heavy atom. The first-order valence-corrected chi connectivity index (χ1v) is 11.8. The quantitative estimate of drug-likeness (QED) is 0.295. The van der Waals surface area contributed by atoms with Crippen LogP contribution in [-0.2, 0) is 11.3 Å². The molecular weight excluding hydrogens is 388 g/mol. The fourth-order valence-electron chi connectivity index (χ4n) is 4.08. The summed E-state index contributed by atoms with van der Waals surface area (Å²) in [6.07, 6.45) is 6.18. The van der Waals surface area contributed by atoms with Gasteiger partial charge in [0, 0.05) is 37.4 Å². The van der Waals surface area contributed by atoms with Gasteiger partial charge in [-0.15, -0.1) is 0 Å². The van der Waals surface area contributed by atoms with E-state index in [1.165, 1.54) is 25.7 Å². The molecule has 1 aromatic rings. The molecule has 1 aliphatic carbocycles. The van der Waals surface area contributed by atoms with Crippen LogP contribution in [0.4, 0.5) is 0 Å². The number of hydrogen-bond donors (Lipinski definition) is 3. The molecule has 1 fully saturated rings. The number of rotatable bonds is 10. The van der Waals surface area contributed by atoms with E-state index in [9.17, 15) is 4.79 Å². The molecule has 0 radical (unpaired) electrons. The van der Waals surface area contributed by atoms with Crippen LogP contribution >= 0.6 is 0 Å². The predicted octanol–water partition coefficient (Wildman–Crippen LogP) is 4.26. The number of amides is 1. The van der Waals surface area contributed by atoms with E-state index >= 15 is 0 Å². The number of benzene rings is 1. The molecule has 174 valence electrons. The molecule has 1 saturated carbocycles. The standard InChI is InChI=1S/C25H42N4O2/c1-6-26-23(28-19-25(13-8-9-14-25)15-16-31-7-2)27-18-20-11-10-12-21(17-20)22(30)29-24(3,4)5/h10-12,17H,6-9,13-16,18-19H2,1-5H3,(H,29,30)(H2,26,27,28). The molecule has 0 aromatic heterocycles. The second-order valence-corrected chi connectivity index (χ2v) is 9.61. The maximum absolute atomic E-state index is 12.5. The summed E-state index contributed by atoms with van der Waals surface area (Å²) in [5.74, 6) is 0.774. The summed E-state index contributed by atoms with van der Waals surface area (Å²) in [4.78, 5) is 17.2. The zero-order chi connectivity index (χ0) is 22.7. The van der Waals surface area contributed by atoms with Crippen molar-refractivity contribution in [2.75, 3.05) is 26.3 Å². The minimum Gasteiger partial charge on any atom is -0.382 e. The smallest absolute Gasteiger partial charge is 0.251 e. The van der Waals surface area contributed by atoms with Crippen LogP contribution in [-0.4, -0.2) is 43.7 Å². The van der Waals surface area contributed by atoms with E-state index in [1.54, 1.807) is 0 Å². The molecule has 0 bridgehead atoms. The second kappa shape index (κ2) is 12.1. The lowest BCUT2D eigenvalue weighted by atomic mass is 9.83. The third kappa shape index (κ3) is 8.90. The first kappa shape index (κ1) is 25.2. The monoisotopic (exact) mass is 430 g/mol. The summed E-state index contributed by atoms with van der Waals surface area (Å²) in [6, 6.07) is 7.71. The van der Waals surface area contributed by atoms with Gasteiger partial charge in [-0.2, -0.15) is 0 Å². The second-order valence-electron chi connectivity index (χ2n) is 9.61. The van der Waals surface area contributed by atoms with E-state index < -0.39 is 0 Å². The molecule has 0 heterocycles. The molecule has 3 N–H and O–H groups in total. The van der Waals surface area contributed by atoms with Gasteiger partial charge in [-0.1, -0.05) is 25.0 Å². The fraction of sp³-hybridized carbons (Fsp3) is 0.680. The van der Waals surface area contributed by atoms with Crippen LogP contribution in [0.15, 0.2) is 29.3 Å². The summed E-state index contributed by atoms with van der Waals surface area (Å²) in [5.41, 5.74) is 1.73. The highest BCUT2D eigenvalue weighted by atomic mass is 16.5. The molecule has 0 spiro atoms. The van der Waals surface area contributed by atoms with Gasteiger partial charge >= 0.3 is 0 Å². The fourth-order valence-corrected chi connectivity index (χ4v) is 4.08. The number of ether oxygens (including phenoxy) is 1. The summed E-state index contributed by atoms with van der Waals surface area (Å²) >= 11 is 0. The number of aliphatic imine (C=N–C) groups is 1. The van der Waals surface area contributed by atoms with Crippen molar-refractivity contribution < 1.29 is 9.53 Å². The summed E-state index contributed by atoms with van der Waals surface area (Å²) < 4.78 is 5.63. The average molecular weight is 431 g/mol. The Labute approximate surface area is 188 Å². The van der Waals surface area contributed by atoms with E-state index in [4.69, 9.17) is 9.73 Å². The number of guanidine groups is 1. The normalized spacial score (nSPS) is 16.2. The van der Waals surface area contributed by atoms with Crippen molar-refractivity contribution in [1.82, 2.24) is 16.0 Å². The molecule has 0 unspecified atom stereocenters. The lowest BCUT2D eigenvalue weighted by molar-refractivity contribution is 0.0919. The topological polar surface area (TPSA) is 74.8 Å². The maximum Gasteiger partial charge on any atom is 0.251 e. The molecule has 1 aromatic carbocycles. The zero-order valence-electron chi connectivity index (χ0n) is 20.1. The van der Waals surface area contributed by atoms with E-state index in [2.05, 4.69) is 29.8 Å². The minimum absolute atomic E-state index is 0.0548. The Balaban J connectivity index is 2.00. The van der Waals surface area contributed by atoms with Gasteiger partial charge in [0.2, 0.25) is 0 Å². The summed E-state index contributed by atoms with van der Waals surface area (Å²) in [7, 11) is 0. The average Bonchev–Trinajstić information content (AvgIpc) is 3.18. The van der Waals surface area contributed by atoms with Crippen LogP contribution in [0.2, 0.25) is 0 Å². The van der Waals surface area contributed by atoms with Crippen molar-refractivity contribution in [3.63, 3.8) is 0 Å². The Bertz CT molecular complexity index is 718. The number of hydrogen-bond acceptors (Lipinski definition) is 3. The first-order valence-electron chi connectivity index (χ1n) is 11.8. The van der Waals surface area contributed by atoms with Gasteiger partial charge in [-0.05, 0) is 77.0 Å². The Kier molecular flexibility index (Phi) is 9.82. The van der Waals surface area contributed by atoms with E-state index in [0.29, 0.717) is 17.5 Å². The maximum atomic E-state index is 12.5. The lowest BCUT2D eigenvalue weighted by Crippen LogP contribution is -2.43. The predicted molar refractivity (Wildman–Crippen MR) is 128 cm³/mol. The minimum atomic E-state index is -0.258. The van der Waals surface area contributed by atoms with E-state index in [1.807, 2.05) is 45.0 Å². The number of nitrogens with one attached hydrogen (secondary N) is 3. The van der Waals surface area contributed by atoms with E-state index in [0.717, 1.165) is 44.2 Å². The molecule has 2 rings (SSSR count). The van der Waals surface area contributed by atoms with Gasteiger partial charge in [0.25, 0.3) is 5.91 Å². The van der Waals surface area contributed by atoms with Crippen molar-refractivity contribution in [2.24, 2.45) is 10.4 Å². The molecule has 0 aliphatic heterocycles. The molecule has 0 atom stereocenters. The highest BCUT2D eigenvalue weighted by Crippen LogP contribution is 2.40. The Morgan fingerprint density at radius 1 is 1.16 bits per heavy atom.